The molecule has 3 rings (SSSR count). The van der Waals surface area contributed by atoms with Gasteiger partial charge in [0.2, 0.25) is 0 Å². The van der Waals surface area contributed by atoms with E-state index in [0.717, 1.165) is 5.56 Å². The van der Waals surface area contributed by atoms with E-state index in [0.29, 0.717) is 12.0 Å². The summed E-state index contributed by atoms with van der Waals surface area (Å²) in [6.45, 7) is 1.69. The Morgan fingerprint density at radius 1 is 1.32 bits per heavy atom. The van der Waals surface area contributed by atoms with Gasteiger partial charge < -0.3 is 20.3 Å². The van der Waals surface area contributed by atoms with Crippen LogP contribution < -0.4 is 5.32 Å². The molecule has 1 heterocycles. The second-order valence-corrected chi connectivity index (χ2v) is 6.99. The maximum Gasteiger partial charge on any atom is 0.342 e. The number of carbonyl (C=O) groups excluding carboxylic acids is 2. The second kappa shape index (κ2) is 7.90. The van der Waals surface area contributed by atoms with Crippen molar-refractivity contribution >= 4 is 29.4 Å². The molecule has 1 aliphatic heterocycles. The van der Waals surface area contributed by atoms with Gasteiger partial charge in [0.1, 0.15) is 23.5 Å². The van der Waals surface area contributed by atoms with Crippen LogP contribution in [0.4, 0.5) is 0 Å². The first-order chi connectivity index (χ1) is 13.3. The third-order valence-electron chi connectivity index (χ3n) is 4.49. The minimum absolute atomic E-state index is 0.0565. The van der Waals surface area contributed by atoms with Gasteiger partial charge >= 0.3 is 11.9 Å². The molecule has 0 aromatic heterocycles. The number of hydrogen-bond donors (Lipinski definition) is 3. The number of aliphatic carboxylic acids is 1. The zero-order chi connectivity index (χ0) is 20.4. The number of fused-ring (bicyclic) bond motifs is 1. The van der Waals surface area contributed by atoms with Gasteiger partial charge in [-0.2, -0.15) is 0 Å². The largest absolute Gasteiger partial charge is 0.506 e. The lowest BCUT2D eigenvalue weighted by atomic mass is 10.9. The van der Waals surface area contributed by atoms with Crippen LogP contribution >= 0.6 is 11.6 Å². The van der Waals surface area contributed by atoms with E-state index in [1.807, 2.05) is 0 Å². The highest BCUT2D eigenvalue weighted by atomic mass is 35.5. The number of carboxylic acids is 1. The second-order valence-electron chi connectivity index (χ2n) is 6.58. The Labute approximate surface area is 165 Å². The zero-order valence-electron chi connectivity index (χ0n) is 14.9. The van der Waals surface area contributed by atoms with Gasteiger partial charge in [-0.1, -0.05) is 41.9 Å². The number of hydrogen-bond acceptors (Lipinski definition) is 5. The average Bonchev–Trinajstić information content (AvgIpc) is 2.64. The lowest BCUT2D eigenvalue weighted by Crippen LogP contribution is -2.42. The summed E-state index contributed by atoms with van der Waals surface area (Å²) in [5, 5.41) is 22.4. The number of cyclic esters (lactones) is 1. The van der Waals surface area contributed by atoms with Crippen molar-refractivity contribution in [3.05, 3.63) is 63.7 Å². The molecule has 146 valence electrons. The van der Waals surface area contributed by atoms with E-state index in [9.17, 15) is 24.6 Å². The topological polar surface area (TPSA) is 113 Å². The van der Waals surface area contributed by atoms with Crippen LogP contribution in [-0.2, 0) is 22.4 Å². The normalized spacial score (nSPS) is 16.6. The van der Waals surface area contributed by atoms with E-state index < -0.39 is 35.7 Å². The molecule has 28 heavy (non-hydrogen) atoms. The average molecular weight is 424 g/mol. The molecule has 2 atom stereocenters. The maximum atomic E-state index is 12.6. The Balaban J connectivity index is 1.89. The number of carbonyl (C=O) groups is 3. The van der Waals surface area contributed by atoms with Gasteiger partial charge in [0.15, 0.2) is 0 Å². The Kier molecular flexibility index (Phi) is 5.56. The lowest BCUT2D eigenvalue weighted by molar-refractivity contribution is -0.139. The van der Waals surface area contributed by atoms with E-state index >= 15 is 0 Å². The number of phenolic OH excluding ortho intramolecular Hbond substituents is 1. The van der Waals surface area contributed by atoms with Crippen molar-refractivity contribution in [1.29, 1.82) is 0 Å². The summed E-state index contributed by atoms with van der Waals surface area (Å²) in [4.78, 5) is 36.3. The van der Waals surface area contributed by atoms with E-state index in [-0.39, 0.29) is 22.6 Å². The number of rotatable bonds is 5. The molecule has 0 fully saturated rings. The standard InChI is InChI=1S/C20H18ClNO6/c1-10-7-12-14(21)9-13(17(23)16(12)20(27)28-10)18(24)22-15(19(25)26)8-11-5-3-2-4-6-11/h2-6,9-10,15,23H,7-8H2,1H3,(H,22,24)(H,25,26)/t10-,15+/m1/s1/i1+1,2+1,3+1,4+1,5+1,6+1,7+1,8+1,9+1,10+1,11+1,12+1,13+1,14+1,15+1,16+1,17+1,18+1,19+1,20+1. The van der Waals surface area contributed by atoms with Crippen LogP contribution in [0.2, 0.25) is 5.02 Å². The van der Waals surface area contributed by atoms with Gasteiger partial charge in [-0.3, -0.25) is 4.79 Å². The molecule has 2 aromatic rings. The predicted molar refractivity (Wildman–Crippen MR) is 101 cm³/mol. The van der Waals surface area contributed by atoms with Gasteiger partial charge in [-0.25, -0.2) is 9.59 Å². The summed E-state index contributed by atoms with van der Waals surface area (Å²) in [7, 11) is 0. The highest BCUT2D eigenvalue weighted by molar-refractivity contribution is 6.32. The molecule has 0 unspecified atom stereocenters. The van der Waals surface area contributed by atoms with Crippen LogP contribution in [0, 0.1) is 0 Å². The van der Waals surface area contributed by atoms with Crippen LogP contribution in [0.25, 0.3) is 0 Å². The number of phenols is 1. The monoisotopic (exact) mass is 423 g/mol. The fourth-order valence-corrected chi connectivity index (χ4v) is 3.41. The minimum Gasteiger partial charge on any atom is -0.506 e. The smallest absolute Gasteiger partial charge is 0.342 e. The summed E-state index contributed by atoms with van der Waals surface area (Å²) in [6.07, 6.45) is -0.0407. The van der Waals surface area contributed by atoms with Crippen LogP contribution in [-0.4, -0.2) is 40.2 Å². The molecule has 0 saturated carbocycles. The molecule has 0 bridgehead atoms. The highest BCUT2D eigenvalue weighted by Gasteiger charge is 2.33. The van der Waals surface area contributed by atoms with Gasteiger partial charge in [0.05, 0.1) is 5.56 Å². The van der Waals surface area contributed by atoms with Crippen molar-refractivity contribution in [3.63, 3.8) is 0 Å². The lowest BCUT2D eigenvalue weighted by Gasteiger charge is -2.24. The highest BCUT2D eigenvalue weighted by Crippen LogP contribution is 2.36. The van der Waals surface area contributed by atoms with Crippen LogP contribution in [0.5, 0.6) is 5.75 Å². The molecule has 0 saturated heterocycles. The van der Waals surface area contributed by atoms with Crippen molar-refractivity contribution in [2.24, 2.45) is 0 Å². The maximum absolute atomic E-state index is 12.6. The molecular weight excluding hydrogens is 406 g/mol. The summed E-state index contributed by atoms with van der Waals surface area (Å²) in [5.41, 5.74) is 0.680. The number of benzene rings is 2. The number of esters is 1. The summed E-state index contributed by atoms with van der Waals surface area (Å²) < 4.78 is 5.10. The van der Waals surface area contributed by atoms with Gasteiger partial charge in [0, 0.05) is 17.9 Å². The van der Waals surface area contributed by atoms with Gasteiger partial charge in [0.25, 0.3) is 5.91 Å². The van der Waals surface area contributed by atoms with Crippen LogP contribution in [0.1, 0.15) is 38.8 Å². The third kappa shape index (κ3) is 3.94. The zero-order valence-corrected chi connectivity index (χ0v) is 15.7. The van der Waals surface area contributed by atoms with Crippen LogP contribution in [0.15, 0.2) is 36.4 Å². The quantitative estimate of drug-likeness (QED) is 0.503. The number of halogens is 1. The first-order valence-electron chi connectivity index (χ1n) is 8.60. The van der Waals surface area contributed by atoms with Gasteiger partial charge in [-0.15, -0.1) is 0 Å². The Hall–Kier alpha value is -3.06. The number of carboxylic acid groups (broad SMARTS) is 1. The fraction of sp³-hybridized carbons (Fsp3) is 0.250. The molecule has 3 N–H and O–H groups in total. The van der Waals surface area contributed by atoms with E-state index in [1.165, 1.54) is 6.07 Å². The predicted octanol–water partition coefficient (Wildman–Crippen LogP) is 2.57. The first-order valence-corrected chi connectivity index (χ1v) is 8.98. The van der Waals surface area contributed by atoms with Crippen molar-refractivity contribution in [2.75, 3.05) is 0 Å². The Morgan fingerprint density at radius 3 is 2.64 bits per heavy atom. The molecule has 0 spiro atoms. The SMILES string of the molecule is [13CH3][13C@@H]1[13CH2][13c]2[13c](Cl)[13cH][13c]([13C](=O)N[13C@@H]([13CH2][13c]3[13cH][13cH][13cH][13cH][13cH]3)[13C](=O)O)[13c](O)[13c]2[13C](=O)O1. The number of nitrogens with one attached hydrogen (secondary N) is 1. The molecule has 8 heteroatoms. The van der Waals surface area contributed by atoms with E-state index in [1.54, 1.807) is 37.3 Å². The third-order valence-corrected chi connectivity index (χ3v) is 4.82. The molecule has 7 nitrogen and oxygen atoms in total. The summed E-state index contributed by atoms with van der Waals surface area (Å²) in [6, 6.07) is 8.81. The van der Waals surface area contributed by atoms with Crippen molar-refractivity contribution in [3.8, 4) is 5.75 Å². The van der Waals surface area contributed by atoms with Crippen LogP contribution in [0.3, 0.4) is 0 Å². The molecule has 0 radical (unpaired) electrons. The first kappa shape index (κ1) is 19.7. The van der Waals surface area contributed by atoms with Gasteiger partial charge in [-0.05, 0) is 24.1 Å². The summed E-state index contributed by atoms with van der Waals surface area (Å²) >= 11 is 6.21. The Morgan fingerprint density at radius 2 is 2.00 bits per heavy atom. The summed E-state index contributed by atoms with van der Waals surface area (Å²) in [5.74, 6) is -3.43. The molecule has 2 aromatic carbocycles. The molecule has 1 amide bonds. The number of amides is 1. The van der Waals surface area contributed by atoms with E-state index in [2.05, 4.69) is 5.32 Å². The number of aromatic hydroxyl groups is 1. The molecule has 0 aliphatic carbocycles. The fourth-order valence-electron chi connectivity index (χ4n) is 3.13. The van der Waals surface area contributed by atoms with E-state index in [4.69, 9.17) is 16.3 Å². The Bertz CT molecular complexity index is 943. The van der Waals surface area contributed by atoms with Crippen molar-refractivity contribution in [2.45, 2.75) is 31.9 Å². The van der Waals surface area contributed by atoms with Crippen molar-refractivity contribution < 1.29 is 29.3 Å². The number of ether oxygens (including phenoxy) is 1. The molecule has 1 aliphatic rings. The van der Waals surface area contributed by atoms with Crippen molar-refractivity contribution in [1.82, 2.24) is 5.32 Å². The molecular formula is C20H18ClNO6. The minimum atomic E-state index is -1.23.